The first-order chi connectivity index (χ1) is 12.1. The fraction of sp³-hybridized carbons (Fsp3) is 0.353. The summed E-state index contributed by atoms with van der Waals surface area (Å²) in [7, 11) is 1.50. The summed E-state index contributed by atoms with van der Waals surface area (Å²) < 4.78 is 11.6. The number of nitrogens with one attached hydrogen (secondary N) is 1. The van der Waals surface area contributed by atoms with Gasteiger partial charge in [-0.3, -0.25) is 14.8 Å². The monoisotopic (exact) mass is 345 g/mol. The first-order valence-corrected chi connectivity index (χ1v) is 7.94. The zero-order valence-electron chi connectivity index (χ0n) is 13.8. The summed E-state index contributed by atoms with van der Waals surface area (Å²) in [5, 5.41) is 10.4. The first kappa shape index (κ1) is 17.0. The van der Waals surface area contributed by atoms with Gasteiger partial charge < -0.3 is 14.6 Å². The minimum atomic E-state index is -0.743. The van der Waals surface area contributed by atoms with E-state index in [1.165, 1.54) is 13.3 Å². The van der Waals surface area contributed by atoms with E-state index in [1.54, 1.807) is 24.3 Å². The van der Waals surface area contributed by atoms with E-state index < -0.39 is 17.1 Å². The van der Waals surface area contributed by atoms with E-state index in [1.807, 2.05) is 0 Å². The quantitative estimate of drug-likeness (QED) is 0.781. The molecule has 132 valence electrons. The van der Waals surface area contributed by atoms with Crippen molar-refractivity contribution in [2.45, 2.75) is 18.9 Å². The Hall–Kier alpha value is -2.87. The maximum atomic E-state index is 12.1. The maximum absolute atomic E-state index is 12.1. The summed E-state index contributed by atoms with van der Waals surface area (Å²) in [6.45, 7) is 1.11. The average Bonchev–Trinajstić information content (AvgIpc) is 3.11. The third-order valence-corrected chi connectivity index (χ3v) is 3.99. The lowest BCUT2D eigenvalue weighted by molar-refractivity contribution is 0.118. The number of methoxy groups -OCH3 is 1. The van der Waals surface area contributed by atoms with E-state index >= 15 is 0 Å². The third kappa shape index (κ3) is 3.63. The zero-order chi connectivity index (χ0) is 17.8. The van der Waals surface area contributed by atoms with E-state index in [-0.39, 0.29) is 11.7 Å². The molecule has 1 aromatic heterocycles. The number of ether oxygens (including phenoxy) is 2. The number of aromatic hydroxyl groups is 1. The van der Waals surface area contributed by atoms with Crippen molar-refractivity contribution in [3.05, 3.63) is 50.7 Å². The second-order valence-corrected chi connectivity index (χ2v) is 5.66. The van der Waals surface area contributed by atoms with Crippen molar-refractivity contribution >= 4 is 6.21 Å². The van der Waals surface area contributed by atoms with E-state index in [2.05, 4.69) is 9.98 Å². The van der Waals surface area contributed by atoms with Crippen LogP contribution >= 0.6 is 0 Å². The highest BCUT2D eigenvalue weighted by atomic mass is 16.5. The molecule has 25 heavy (non-hydrogen) atoms. The number of aromatic nitrogens is 2. The van der Waals surface area contributed by atoms with Crippen LogP contribution in [0.4, 0.5) is 0 Å². The molecule has 1 atom stereocenters. The van der Waals surface area contributed by atoms with Crippen LogP contribution < -0.4 is 16.0 Å². The number of H-pyrrole nitrogens is 1. The van der Waals surface area contributed by atoms with E-state index in [0.717, 1.165) is 17.4 Å². The standard InChI is InChI=1S/C17H19N3O5/c1-24-12-5-2-4-11(8-12)20-16(22)14(15(21)19-17(20)23)10-18-9-13-6-3-7-25-13/h2,4-5,8,10,13,22H,3,6-7,9H2,1H3,(H,19,21,23)/t13-/m1/s1. The van der Waals surface area contributed by atoms with Crippen LogP contribution in [0.3, 0.4) is 0 Å². The Bertz CT molecular complexity index is 894. The van der Waals surface area contributed by atoms with Gasteiger partial charge in [-0.2, -0.15) is 0 Å². The zero-order valence-corrected chi connectivity index (χ0v) is 13.8. The molecule has 2 N–H and O–H groups in total. The number of aromatic amines is 1. The lowest BCUT2D eigenvalue weighted by atomic mass is 10.2. The van der Waals surface area contributed by atoms with Crippen LogP contribution in [0.1, 0.15) is 18.4 Å². The van der Waals surface area contributed by atoms with Gasteiger partial charge in [0.05, 0.1) is 25.4 Å². The van der Waals surface area contributed by atoms with Crippen LogP contribution in [0.2, 0.25) is 0 Å². The lowest BCUT2D eigenvalue weighted by Gasteiger charge is -2.11. The lowest BCUT2D eigenvalue weighted by Crippen LogP contribution is -2.31. The summed E-state index contributed by atoms with van der Waals surface area (Å²) in [6, 6.07) is 6.58. The molecule has 1 aliphatic heterocycles. The van der Waals surface area contributed by atoms with Crippen molar-refractivity contribution in [3.63, 3.8) is 0 Å². The molecule has 0 bridgehead atoms. The van der Waals surface area contributed by atoms with Crippen molar-refractivity contribution in [2.75, 3.05) is 20.3 Å². The van der Waals surface area contributed by atoms with Crippen molar-refractivity contribution in [1.29, 1.82) is 0 Å². The largest absolute Gasteiger partial charge is 0.497 e. The molecule has 0 radical (unpaired) electrons. The Morgan fingerprint density at radius 1 is 1.48 bits per heavy atom. The average molecular weight is 345 g/mol. The second-order valence-electron chi connectivity index (χ2n) is 5.66. The van der Waals surface area contributed by atoms with Gasteiger partial charge >= 0.3 is 5.69 Å². The van der Waals surface area contributed by atoms with Gasteiger partial charge in [-0.05, 0) is 25.0 Å². The third-order valence-electron chi connectivity index (χ3n) is 3.99. The van der Waals surface area contributed by atoms with Gasteiger partial charge in [-0.15, -0.1) is 0 Å². The molecule has 2 heterocycles. The van der Waals surface area contributed by atoms with Crippen LogP contribution in [-0.2, 0) is 4.74 Å². The molecule has 8 heteroatoms. The number of rotatable bonds is 5. The van der Waals surface area contributed by atoms with E-state index in [9.17, 15) is 14.7 Å². The van der Waals surface area contributed by atoms with Crippen LogP contribution in [-0.4, -0.2) is 47.2 Å². The summed E-state index contributed by atoms with van der Waals surface area (Å²) in [4.78, 5) is 30.5. The molecule has 1 saturated heterocycles. The Kier molecular flexibility index (Phi) is 4.99. The van der Waals surface area contributed by atoms with Gasteiger partial charge in [-0.1, -0.05) is 6.07 Å². The predicted octanol–water partition coefficient (Wildman–Crippen LogP) is 0.838. The molecule has 0 amide bonds. The van der Waals surface area contributed by atoms with Gasteiger partial charge in [0.25, 0.3) is 5.56 Å². The minimum absolute atomic E-state index is 0.0294. The Labute approximate surface area is 143 Å². The fourth-order valence-corrected chi connectivity index (χ4v) is 2.69. The normalized spacial score (nSPS) is 17.2. The fourth-order valence-electron chi connectivity index (χ4n) is 2.69. The Morgan fingerprint density at radius 2 is 2.32 bits per heavy atom. The van der Waals surface area contributed by atoms with E-state index in [0.29, 0.717) is 24.6 Å². The van der Waals surface area contributed by atoms with Crippen LogP contribution in [0.5, 0.6) is 11.6 Å². The van der Waals surface area contributed by atoms with Crippen LogP contribution in [0.15, 0.2) is 38.8 Å². The predicted molar refractivity (Wildman–Crippen MR) is 92.3 cm³/mol. The molecular weight excluding hydrogens is 326 g/mol. The SMILES string of the molecule is COc1cccc(-n2c(O)c(C=NC[C@H]3CCCO3)c(=O)[nH]c2=O)c1. The minimum Gasteiger partial charge on any atom is -0.497 e. The van der Waals surface area contributed by atoms with Gasteiger partial charge in [0.15, 0.2) is 0 Å². The Morgan fingerprint density at radius 3 is 3.04 bits per heavy atom. The van der Waals surface area contributed by atoms with Crippen molar-refractivity contribution < 1.29 is 14.6 Å². The molecule has 0 spiro atoms. The highest BCUT2D eigenvalue weighted by Crippen LogP contribution is 2.20. The molecule has 1 fully saturated rings. The van der Waals surface area contributed by atoms with Crippen molar-refractivity contribution in [2.24, 2.45) is 4.99 Å². The van der Waals surface area contributed by atoms with Gasteiger partial charge in [-0.25, -0.2) is 9.36 Å². The first-order valence-electron chi connectivity index (χ1n) is 7.94. The topological polar surface area (TPSA) is 106 Å². The summed E-state index contributed by atoms with van der Waals surface area (Å²) in [5.41, 5.74) is -1.16. The molecule has 0 unspecified atom stereocenters. The summed E-state index contributed by atoms with van der Waals surface area (Å²) >= 11 is 0. The second kappa shape index (κ2) is 7.35. The van der Waals surface area contributed by atoms with Gasteiger partial charge in [0, 0.05) is 18.9 Å². The number of nitrogens with zero attached hydrogens (tertiary/aromatic N) is 2. The molecule has 3 rings (SSSR count). The maximum Gasteiger partial charge on any atom is 0.335 e. The van der Waals surface area contributed by atoms with Crippen LogP contribution in [0, 0.1) is 0 Å². The number of hydrogen-bond donors (Lipinski definition) is 2. The molecule has 1 aliphatic rings. The number of benzene rings is 1. The summed E-state index contributed by atoms with van der Waals surface area (Å²) in [6.07, 6.45) is 3.21. The summed E-state index contributed by atoms with van der Waals surface area (Å²) in [5.74, 6) is 0.0432. The van der Waals surface area contributed by atoms with E-state index in [4.69, 9.17) is 9.47 Å². The molecular formula is C17H19N3O5. The smallest absolute Gasteiger partial charge is 0.335 e. The Balaban J connectivity index is 1.98. The van der Waals surface area contributed by atoms with Crippen molar-refractivity contribution in [1.82, 2.24) is 9.55 Å². The van der Waals surface area contributed by atoms with Crippen LogP contribution in [0.25, 0.3) is 5.69 Å². The molecule has 0 aliphatic carbocycles. The van der Waals surface area contributed by atoms with Crippen molar-refractivity contribution in [3.8, 4) is 17.3 Å². The number of aliphatic imine (C=N–C) groups is 1. The molecule has 1 aromatic carbocycles. The molecule has 2 aromatic rings. The highest BCUT2D eigenvalue weighted by Gasteiger charge is 2.16. The molecule has 8 nitrogen and oxygen atoms in total. The van der Waals surface area contributed by atoms with Gasteiger partial charge in [0.2, 0.25) is 5.88 Å². The highest BCUT2D eigenvalue weighted by molar-refractivity contribution is 5.82. The van der Waals surface area contributed by atoms with Gasteiger partial charge in [0.1, 0.15) is 11.3 Å². The number of hydrogen-bond acceptors (Lipinski definition) is 6. The molecule has 0 saturated carbocycles.